The van der Waals surface area contributed by atoms with Crippen LogP contribution in [0.2, 0.25) is 0 Å². The fourth-order valence-corrected chi connectivity index (χ4v) is 2.28. The van der Waals surface area contributed by atoms with Gasteiger partial charge in [0.15, 0.2) is 0 Å². The van der Waals surface area contributed by atoms with Gasteiger partial charge in [-0.15, -0.1) is 11.8 Å². The standard InChI is InChI=1S/C13H18N2O2S/c1-2-18-13-5-3-4-12(11(13)10-14)15-6-8-17-9-7-16/h3-5,15-16H,2,6-9H2,1H3. The quantitative estimate of drug-likeness (QED) is 0.557. The predicted molar refractivity (Wildman–Crippen MR) is 73.9 cm³/mol. The van der Waals surface area contributed by atoms with Crippen molar-refractivity contribution in [2.24, 2.45) is 0 Å². The van der Waals surface area contributed by atoms with E-state index in [1.54, 1.807) is 11.8 Å². The molecule has 4 nitrogen and oxygen atoms in total. The largest absolute Gasteiger partial charge is 0.394 e. The van der Waals surface area contributed by atoms with Gasteiger partial charge in [-0.25, -0.2) is 0 Å². The van der Waals surface area contributed by atoms with Crippen LogP contribution in [0.3, 0.4) is 0 Å². The van der Waals surface area contributed by atoms with E-state index in [1.807, 2.05) is 18.2 Å². The first-order valence-electron chi connectivity index (χ1n) is 5.91. The molecule has 0 saturated carbocycles. The van der Waals surface area contributed by atoms with Crippen LogP contribution in [0.4, 0.5) is 5.69 Å². The van der Waals surface area contributed by atoms with Crippen LogP contribution >= 0.6 is 11.8 Å². The summed E-state index contributed by atoms with van der Waals surface area (Å²) in [5.74, 6) is 0.942. The molecule has 1 aromatic rings. The van der Waals surface area contributed by atoms with Gasteiger partial charge >= 0.3 is 0 Å². The number of hydrogen-bond acceptors (Lipinski definition) is 5. The topological polar surface area (TPSA) is 65.3 Å². The maximum Gasteiger partial charge on any atom is 0.102 e. The van der Waals surface area contributed by atoms with Gasteiger partial charge in [0.2, 0.25) is 0 Å². The number of nitrogens with one attached hydrogen (secondary N) is 1. The van der Waals surface area contributed by atoms with Crippen molar-refractivity contribution in [3.05, 3.63) is 23.8 Å². The number of anilines is 1. The van der Waals surface area contributed by atoms with E-state index >= 15 is 0 Å². The lowest BCUT2D eigenvalue weighted by Gasteiger charge is -2.11. The summed E-state index contributed by atoms with van der Waals surface area (Å²) in [6, 6.07) is 8.03. The van der Waals surface area contributed by atoms with Crippen molar-refractivity contribution in [1.29, 1.82) is 5.26 Å². The van der Waals surface area contributed by atoms with Gasteiger partial charge < -0.3 is 15.2 Å². The summed E-state index contributed by atoms with van der Waals surface area (Å²) in [5, 5.41) is 20.9. The van der Waals surface area contributed by atoms with E-state index in [9.17, 15) is 5.26 Å². The van der Waals surface area contributed by atoms with Gasteiger partial charge in [-0.2, -0.15) is 5.26 Å². The van der Waals surface area contributed by atoms with Crippen molar-refractivity contribution < 1.29 is 9.84 Å². The number of ether oxygens (including phenoxy) is 1. The molecule has 1 aromatic carbocycles. The van der Waals surface area contributed by atoms with Gasteiger partial charge in [-0.3, -0.25) is 0 Å². The molecule has 0 saturated heterocycles. The molecular weight excluding hydrogens is 248 g/mol. The first-order chi connectivity index (χ1) is 8.83. The lowest BCUT2D eigenvalue weighted by Crippen LogP contribution is -2.12. The Balaban J connectivity index is 2.59. The van der Waals surface area contributed by atoms with Crippen LogP contribution in [0.5, 0.6) is 0 Å². The molecule has 0 aliphatic rings. The van der Waals surface area contributed by atoms with Crippen molar-refractivity contribution in [3.8, 4) is 6.07 Å². The highest BCUT2D eigenvalue weighted by Gasteiger charge is 2.07. The summed E-state index contributed by atoms with van der Waals surface area (Å²) < 4.78 is 5.16. The number of aliphatic hydroxyl groups excluding tert-OH is 1. The van der Waals surface area contributed by atoms with Crippen molar-refractivity contribution in [1.82, 2.24) is 0 Å². The summed E-state index contributed by atoms with van der Waals surface area (Å²) in [6.07, 6.45) is 0. The Morgan fingerprint density at radius 2 is 2.28 bits per heavy atom. The molecular formula is C13H18N2O2S. The molecule has 0 aliphatic carbocycles. The van der Waals surface area contributed by atoms with Gasteiger partial charge in [0, 0.05) is 11.4 Å². The minimum atomic E-state index is 0.0338. The van der Waals surface area contributed by atoms with Gasteiger partial charge in [0.25, 0.3) is 0 Å². The molecule has 0 heterocycles. The molecule has 5 heteroatoms. The third-order valence-corrected chi connectivity index (χ3v) is 3.18. The summed E-state index contributed by atoms with van der Waals surface area (Å²) >= 11 is 1.66. The van der Waals surface area contributed by atoms with Crippen LogP contribution in [0, 0.1) is 11.3 Å². The van der Waals surface area contributed by atoms with Crippen LogP contribution in [-0.2, 0) is 4.74 Å². The third kappa shape index (κ3) is 4.57. The van der Waals surface area contributed by atoms with Gasteiger partial charge in [0.05, 0.1) is 31.1 Å². The van der Waals surface area contributed by atoms with E-state index in [0.29, 0.717) is 25.3 Å². The van der Waals surface area contributed by atoms with Gasteiger partial charge in [0.1, 0.15) is 6.07 Å². The number of nitriles is 1. The summed E-state index contributed by atoms with van der Waals surface area (Å²) in [4.78, 5) is 1.00. The highest BCUT2D eigenvalue weighted by molar-refractivity contribution is 7.99. The molecule has 2 N–H and O–H groups in total. The molecule has 0 aromatic heterocycles. The number of rotatable bonds is 8. The smallest absolute Gasteiger partial charge is 0.102 e. The number of hydrogen-bond donors (Lipinski definition) is 2. The molecule has 98 valence electrons. The van der Waals surface area contributed by atoms with Crippen molar-refractivity contribution in [2.45, 2.75) is 11.8 Å². The molecule has 0 radical (unpaired) electrons. The molecule has 0 unspecified atom stereocenters. The minimum absolute atomic E-state index is 0.0338. The van der Waals surface area contributed by atoms with Crippen molar-refractivity contribution in [3.63, 3.8) is 0 Å². The Kier molecular flexibility index (Phi) is 7.26. The van der Waals surface area contributed by atoms with E-state index in [1.165, 1.54) is 0 Å². The van der Waals surface area contributed by atoms with E-state index in [4.69, 9.17) is 9.84 Å². The van der Waals surface area contributed by atoms with Gasteiger partial charge in [-0.05, 0) is 17.9 Å². The molecule has 0 aliphatic heterocycles. The Labute approximate surface area is 112 Å². The van der Waals surface area contributed by atoms with Gasteiger partial charge in [-0.1, -0.05) is 13.0 Å². The number of aliphatic hydroxyl groups is 1. The summed E-state index contributed by atoms with van der Waals surface area (Å²) in [6.45, 7) is 3.57. The van der Waals surface area contributed by atoms with E-state index in [0.717, 1.165) is 16.3 Å². The Bertz CT molecular complexity index is 404. The fourth-order valence-electron chi connectivity index (χ4n) is 1.49. The molecule has 0 fully saturated rings. The summed E-state index contributed by atoms with van der Waals surface area (Å²) in [7, 11) is 0. The number of benzene rings is 1. The highest BCUT2D eigenvalue weighted by Crippen LogP contribution is 2.27. The normalized spacial score (nSPS) is 10.1. The van der Waals surface area contributed by atoms with Crippen molar-refractivity contribution in [2.75, 3.05) is 37.4 Å². The zero-order valence-corrected chi connectivity index (χ0v) is 11.3. The molecule has 0 amide bonds. The Morgan fingerprint density at radius 3 is 2.94 bits per heavy atom. The van der Waals surface area contributed by atoms with Crippen molar-refractivity contribution >= 4 is 17.4 Å². The summed E-state index contributed by atoms with van der Waals surface area (Å²) in [5.41, 5.74) is 1.52. The maximum absolute atomic E-state index is 9.20. The molecule has 0 bridgehead atoms. The average Bonchev–Trinajstić information content (AvgIpc) is 2.39. The second-order valence-electron chi connectivity index (χ2n) is 3.49. The minimum Gasteiger partial charge on any atom is -0.394 e. The molecule has 1 rings (SSSR count). The number of nitrogens with zero attached hydrogens (tertiary/aromatic N) is 1. The second kappa shape index (κ2) is 8.81. The van der Waals surface area contributed by atoms with Crippen LogP contribution in [0.1, 0.15) is 12.5 Å². The zero-order valence-electron chi connectivity index (χ0n) is 10.5. The van der Waals surface area contributed by atoms with Crippen LogP contribution in [-0.4, -0.2) is 37.2 Å². The predicted octanol–water partition coefficient (Wildman–Crippen LogP) is 2.09. The SMILES string of the molecule is CCSc1cccc(NCCOCCO)c1C#N. The van der Waals surface area contributed by atoms with Crippen LogP contribution in [0.25, 0.3) is 0 Å². The highest BCUT2D eigenvalue weighted by atomic mass is 32.2. The van der Waals surface area contributed by atoms with Crippen LogP contribution in [0.15, 0.2) is 23.1 Å². The first-order valence-corrected chi connectivity index (χ1v) is 6.90. The maximum atomic E-state index is 9.20. The fraction of sp³-hybridized carbons (Fsp3) is 0.462. The van der Waals surface area contributed by atoms with E-state index in [2.05, 4.69) is 18.3 Å². The first kappa shape index (κ1) is 14.8. The second-order valence-corrected chi connectivity index (χ2v) is 4.79. The number of thioether (sulfide) groups is 1. The Morgan fingerprint density at radius 1 is 1.44 bits per heavy atom. The molecule has 18 heavy (non-hydrogen) atoms. The third-order valence-electron chi connectivity index (χ3n) is 2.24. The van der Waals surface area contributed by atoms with E-state index in [-0.39, 0.29) is 6.61 Å². The lowest BCUT2D eigenvalue weighted by molar-refractivity contribution is 0.0992. The monoisotopic (exact) mass is 266 g/mol. The van der Waals surface area contributed by atoms with Crippen LogP contribution < -0.4 is 5.32 Å². The van der Waals surface area contributed by atoms with E-state index < -0.39 is 0 Å². The Hall–Kier alpha value is -1.22. The lowest BCUT2D eigenvalue weighted by atomic mass is 10.2. The molecule has 0 spiro atoms. The molecule has 0 atom stereocenters. The average molecular weight is 266 g/mol. The zero-order chi connectivity index (χ0) is 13.2.